The van der Waals surface area contributed by atoms with Crippen LogP contribution in [0.15, 0.2) is 30.3 Å². The average molecular weight is 385 g/mol. The highest BCUT2D eigenvalue weighted by Crippen LogP contribution is 2.32. The molecule has 2 amide bonds. The van der Waals surface area contributed by atoms with Gasteiger partial charge in [-0.25, -0.2) is 0 Å². The average Bonchev–Trinajstić information content (AvgIpc) is 3.15. The molecule has 1 N–H and O–H groups in total. The Kier molecular flexibility index (Phi) is 7.01. The molecular formula is C21H27N3O4. The predicted molar refractivity (Wildman–Crippen MR) is 104 cm³/mol. The molecule has 2 atom stereocenters. The first-order valence-corrected chi connectivity index (χ1v) is 9.85. The molecule has 0 bridgehead atoms. The van der Waals surface area contributed by atoms with Crippen molar-refractivity contribution in [2.45, 2.75) is 50.2 Å². The first kappa shape index (κ1) is 20.3. The van der Waals surface area contributed by atoms with Crippen molar-refractivity contribution in [3.63, 3.8) is 0 Å². The highest BCUT2D eigenvalue weighted by molar-refractivity contribution is 5.95. The summed E-state index contributed by atoms with van der Waals surface area (Å²) in [6.45, 7) is 2.22. The molecule has 28 heavy (non-hydrogen) atoms. The Labute approximate surface area is 165 Å². The van der Waals surface area contributed by atoms with Gasteiger partial charge in [0.25, 0.3) is 0 Å². The molecule has 2 aliphatic rings. The number of ether oxygens (including phenoxy) is 2. The highest BCUT2D eigenvalue weighted by atomic mass is 16.6. The monoisotopic (exact) mass is 385 g/mol. The summed E-state index contributed by atoms with van der Waals surface area (Å²) >= 11 is 0. The Balaban J connectivity index is 1.49. The number of anilines is 1. The van der Waals surface area contributed by atoms with Gasteiger partial charge in [-0.3, -0.25) is 9.59 Å². The van der Waals surface area contributed by atoms with Crippen LogP contribution in [0, 0.1) is 11.3 Å². The number of carbonyl (C=O) groups excluding carboxylic acids is 2. The number of amides is 2. The fourth-order valence-electron chi connectivity index (χ4n) is 3.84. The molecule has 2 fully saturated rings. The van der Waals surface area contributed by atoms with Crippen LogP contribution >= 0.6 is 0 Å². The normalized spacial score (nSPS) is 23.9. The number of hydrogen-bond donors (Lipinski definition) is 1. The molecule has 0 aromatic heterocycles. The van der Waals surface area contributed by atoms with Crippen molar-refractivity contribution in [2.75, 3.05) is 31.3 Å². The van der Waals surface area contributed by atoms with E-state index in [9.17, 15) is 9.59 Å². The number of benzene rings is 1. The van der Waals surface area contributed by atoms with E-state index in [0.717, 1.165) is 24.9 Å². The summed E-state index contributed by atoms with van der Waals surface area (Å²) in [5.41, 5.74) is 0.490. The number of para-hydroxylation sites is 1. The Bertz CT molecular complexity index is 710. The van der Waals surface area contributed by atoms with Crippen molar-refractivity contribution < 1.29 is 19.1 Å². The minimum Gasteiger partial charge on any atom is -0.378 e. The zero-order valence-corrected chi connectivity index (χ0v) is 16.1. The van der Waals surface area contributed by atoms with Gasteiger partial charge in [-0.15, -0.1) is 0 Å². The quantitative estimate of drug-likeness (QED) is 0.777. The van der Waals surface area contributed by atoms with Crippen LogP contribution in [-0.2, 0) is 19.1 Å². The van der Waals surface area contributed by atoms with Gasteiger partial charge in [-0.1, -0.05) is 18.2 Å². The molecule has 2 saturated heterocycles. The largest absolute Gasteiger partial charge is 0.378 e. The molecule has 0 unspecified atom stereocenters. The van der Waals surface area contributed by atoms with E-state index in [0.29, 0.717) is 26.4 Å². The fraction of sp³-hybridized carbons (Fsp3) is 0.571. The van der Waals surface area contributed by atoms with Crippen LogP contribution < -0.4 is 10.2 Å². The number of nitrogens with one attached hydrogen (secondary N) is 1. The van der Waals surface area contributed by atoms with Crippen molar-refractivity contribution in [2.24, 2.45) is 0 Å². The molecule has 0 aliphatic carbocycles. The van der Waals surface area contributed by atoms with Crippen LogP contribution in [0.1, 0.15) is 38.5 Å². The maximum absolute atomic E-state index is 12.7. The van der Waals surface area contributed by atoms with Crippen LogP contribution in [0.25, 0.3) is 0 Å². The Morgan fingerprint density at radius 3 is 2.79 bits per heavy atom. The van der Waals surface area contributed by atoms with Crippen molar-refractivity contribution in [3.8, 4) is 6.07 Å². The van der Waals surface area contributed by atoms with Crippen molar-refractivity contribution in [3.05, 3.63) is 30.3 Å². The van der Waals surface area contributed by atoms with E-state index >= 15 is 0 Å². The van der Waals surface area contributed by atoms with E-state index in [1.54, 1.807) is 4.90 Å². The van der Waals surface area contributed by atoms with E-state index in [1.807, 2.05) is 30.3 Å². The molecule has 1 aromatic rings. The third-order valence-electron chi connectivity index (χ3n) is 5.31. The molecule has 0 radical (unpaired) electrons. The van der Waals surface area contributed by atoms with Crippen molar-refractivity contribution in [1.82, 2.24) is 5.32 Å². The summed E-state index contributed by atoms with van der Waals surface area (Å²) in [5, 5.41) is 11.9. The number of nitrogens with zero attached hydrogens (tertiary/aromatic N) is 2. The highest BCUT2D eigenvalue weighted by Gasteiger charge is 2.41. The van der Waals surface area contributed by atoms with Crippen LogP contribution in [-0.4, -0.2) is 49.8 Å². The van der Waals surface area contributed by atoms with Gasteiger partial charge in [-0.2, -0.15) is 5.26 Å². The summed E-state index contributed by atoms with van der Waals surface area (Å²) < 4.78 is 11.4. The van der Waals surface area contributed by atoms with E-state index in [2.05, 4.69) is 11.4 Å². The third kappa shape index (κ3) is 5.31. The lowest BCUT2D eigenvalue weighted by Crippen LogP contribution is -2.49. The molecule has 150 valence electrons. The van der Waals surface area contributed by atoms with Gasteiger partial charge in [0.05, 0.1) is 24.7 Å². The molecule has 1 aromatic carbocycles. The predicted octanol–water partition coefficient (Wildman–Crippen LogP) is 2.17. The van der Waals surface area contributed by atoms with E-state index in [-0.39, 0.29) is 42.7 Å². The maximum Gasteiger partial charge on any atom is 0.227 e. The smallest absolute Gasteiger partial charge is 0.227 e. The first-order valence-electron chi connectivity index (χ1n) is 9.85. The SMILES string of the molecule is N#CCCN(C(=O)CCC(=O)N[C@H]1CCO[C@]2(CCOC2)C1)c1ccccc1. The molecular weight excluding hydrogens is 358 g/mol. The summed E-state index contributed by atoms with van der Waals surface area (Å²) in [6.07, 6.45) is 2.89. The third-order valence-corrected chi connectivity index (χ3v) is 5.31. The molecule has 3 rings (SSSR count). The summed E-state index contributed by atoms with van der Waals surface area (Å²) in [7, 11) is 0. The number of hydrogen-bond acceptors (Lipinski definition) is 5. The lowest BCUT2D eigenvalue weighted by Gasteiger charge is -2.37. The number of nitriles is 1. The number of rotatable bonds is 7. The second-order valence-electron chi connectivity index (χ2n) is 7.38. The molecule has 7 heteroatoms. The summed E-state index contributed by atoms with van der Waals surface area (Å²) in [4.78, 5) is 26.6. The second kappa shape index (κ2) is 9.67. The van der Waals surface area contributed by atoms with E-state index in [4.69, 9.17) is 14.7 Å². The van der Waals surface area contributed by atoms with Crippen LogP contribution in [0.3, 0.4) is 0 Å². The van der Waals surface area contributed by atoms with Crippen molar-refractivity contribution >= 4 is 17.5 Å². The van der Waals surface area contributed by atoms with E-state index < -0.39 is 0 Å². The van der Waals surface area contributed by atoms with Gasteiger partial charge < -0.3 is 19.7 Å². The van der Waals surface area contributed by atoms with Gasteiger partial charge in [-0.05, 0) is 25.0 Å². The molecule has 1 spiro atoms. The van der Waals surface area contributed by atoms with Gasteiger partial charge in [0, 0.05) is 50.8 Å². The van der Waals surface area contributed by atoms with Gasteiger partial charge in [0.2, 0.25) is 11.8 Å². The standard InChI is InChI=1S/C21H27N3O4/c22-11-4-12-24(18-5-2-1-3-6-18)20(26)8-7-19(25)23-17-9-13-28-21(15-17)10-14-27-16-21/h1-3,5-6,17H,4,7-10,12-16H2,(H,23,25)/t17-,21+/m0/s1. The van der Waals surface area contributed by atoms with Gasteiger partial charge >= 0.3 is 0 Å². The van der Waals surface area contributed by atoms with Crippen LogP contribution in [0.4, 0.5) is 5.69 Å². The number of carbonyl (C=O) groups is 2. The first-order chi connectivity index (χ1) is 13.6. The Morgan fingerprint density at radius 2 is 2.07 bits per heavy atom. The van der Waals surface area contributed by atoms with Gasteiger partial charge in [0.1, 0.15) is 0 Å². The Hall–Kier alpha value is -2.43. The fourth-order valence-corrected chi connectivity index (χ4v) is 3.84. The lowest BCUT2D eigenvalue weighted by molar-refractivity contribution is -0.128. The minimum atomic E-state index is -0.257. The zero-order valence-electron chi connectivity index (χ0n) is 16.1. The molecule has 0 saturated carbocycles. The molecule has 2 heterocycles. The summed E-state index contributed by atoms with van der Waals surface area (Å²) in [5.74, 6) is -0.271. The molecule has 2 aliphatic heterocycles. The van der Waals surface area contributed by atoms with Crippen LogP contribution in [0.5, 0.6) is 0 Å². The summed E-state index contributed by atoms with van der Waals surface area (Å²) in [6, 6.07) is 11.4. The molecule has 7 nitrogen and oxygen atoms in total. The topological polar surface area (TPSA) is 91.7 Å². The van der Waals surface area contributed by atoms with Crippen molar-refractivity contribution in [1.29, 1.82) is 5.26 Å². The second-order valence-corrected chi connectivity index (χ2v) is 7.38. The minimum absolute atomic E-state index is 0.0573. The lowest BCUT2D eigenvalue weighted by atomic mass is 9.89. The zero-order chi connectivity index (χ0) is 19.8. The van der Waals surface area contributed by atoms with Gasteiger partial charge in [0.15, 0.2) is 0 Å². The maximum atomic E-state index is 12.7. The Morgan fingerprint density at radius 1 is 1.25 bits per heavy atom. The van der Waals surface area contributed by atoms with E-state index in [1.165, 1.54) is 0 Å². The van der Waals surface area contributed by atoms with Crippen LogP contribution in [0.2, 0.25) is 0 Å².